The van der Waals surface area contributed by atoms with Gasteiger partial charge in [-0.05, 0) is 34.7 Å². The predicted molar refractivity (Wildman–Crippen MR) is 79.7 cm³/mol. The van der Waals surface area contributed by atoms with Gasteiger partial charge in [-0.25, -0.2) is 0 Å². The van der Waals surface area contributed by atoms with Gasteiger partial charge in [0.2, 0.25) is 0 Å². The van der Waals surface area contributed by atoms with Crippen molar-refractivity contribution in [3.05, 3.63) is 44.8 Å². The molecule has 3 heteroatoms. The molecule has 0 N–H and O–H groups in total. The first kappa shape index (κ1) is 13.5. The van der Waals surface area contributed by atoms with Gasteiger partial charge in [0.05, 0.1) is 0 Å². The number of carbonyl (C=O) groups excluding carboxylic acids is 1. The lowest BCUT2D eigenvalue weighted by atomic mass is 9.96. The summed E-state index contributed by atoms with van der Waals surface area (Å²) in [6.07, 6.45) is 1.33. The first-order valence-electron chi connectivity index (χ1n) is 6.25. The number of Topliss-reactive ketones (excluding diaryl/α,β-unsaturated/α-hetero) is 1. The molecule has 2 aromatic rings. The molecule has 18 heavy (non-hydrogen) atoms. The quantitative estimate of drug-likeness (QED) is 0.721. The van der Waals surface area contributed by atoms with Crippen LogP contribution in [0.5, 0.6) is 0 Å². The maximum Gasteiger partial charge on any atom is 0.134 e. The predicted octanol–water partition coefficient (Wildman–Crippen LogP) is 5.07. The molecule has 0 saturated heterocycles. The molecular weight excluding hydrogens is 260 g/mol. The lowest BCUT2D eigenvalue weighted by Gasteiger charge is -2.11. The Kier molecular flexibility index (Phi) is 4.72. The second-order valence-corrected chi connectivity index (χ2v) is 6.74. The summed E-state index contributed by atoms with van der Waals surface area (Å²) in [7, 11) is 0. The van der Waals surface area contributed by atoms with Crippen LogP contribution in [0.15, 0.2) is 35.0 Å². The summed E-state index contributed by atoms with van der Waals surface area (Å²) in [6, 6.07) is 8.33. The van der Waals surface area contributed by atoms with Crippen molar-refractivity contribution in [2.45, 2.75) is 38.5 Å². The molecule has 0 aliphatic carbocycles. The lowest BCUT2D eigenvalue weighted by molar-refractivity contribution is -0.119. The molecule has 0 spiro atoms. The van der Waals surface area contributed by atoms with Gasteiger partial charge in [-0.1, -0.05) is 26.0 Å². The van der Waals surface area contributed by atoms with Crippen molar-refractivity contribution in [2.75, 3.05) is 0 Å². The molecule has 0 fully saturated rings. The molecule has 2 atom stereocenters. The Morgan fingerprint density at radius 2 is 1.44 bits per heavy atom. The third-order valence-corrected chi connectivity index (χ3v) is 5.33. The molecule has 0 amide bonds. The van der Waals surface area contributed by atoms with Crippen LogP contribution in [-0.4, -0.2) is 5.78 Å². The molecule has 0 aliphatic rings. The van der Waals surface area contributed by atoms with Gasteiger partial charge in [-0.15, -0.1) is 22.7 Å². The van der Waals surface area contributed by atoms with Crippen molar-refractivity contribution in [1.29, 1.82) is 0 Å². The maximum absolute atomic E-state index is 12.1. The van der Waals surface area contributed by atoms with Gasteiger partial charge in [0.1, 0.15) is 5.78 Å². The van der Waals surface area contributed by atoms with Crippen molar-refractivity contribution in [3.8, 4) is 0 Å². The van der Waals surface area contributed by atoms with Crippen LogP contribution in [0, 0.1) is 0 Å². The van der Waals surface area contributed by atoms with Crippen molar-refractivity contribution in [3.63, 3.8) is 0 Å². The molecule has 1 nitrogen and oxygen atoms in total. The highest BCUT2D eigenvalue weighted by atomic mass is 32.1. The monoisotopic (exact) mass is 278 g/mol. The normalized spacial score (nSPS) is 14.3. The molecule has 0 aromatic carbocycles. The van der Waals surface area contributed by atoms with E-state index < -0.39 is 0 Å². The summed E-state index contributed by atoms with van der Waals surface area (Å²) in [5, 5.41) is 4.15. The Labute approximate surface area is 116 Å². The Hall–Kier alpha value is -0.930. The van der Waals surface area contributed by atoms with E-state index in [-0.39, 0.29) is 0 Å². The van der Waals surface area contributed by atoms with Gasteiger partial charge >= 0.3 is 0 Å². The fraction of sp³-hybridized carbons (Fsp3) is 0.400. The molecule has 96 valence electrons. The summed E-state index contributed by atoms with van der Waals surface area (Å²) in [5.74, 6) is 1.08. The molecule has 0 aliphatic heterocycles. The van der Waals surface area contributed by atoms with E-state index in [2.05, 4.69) is 48.9 Å². The van der Waals surface area contributed by atoms with Crippen molar-refractivity contribution >= 4 is 28.5 Å². The Morgan fingerprint density at radius 3 is 1.78 bits per heavy atom. The van der Waals surface area contributed by atoms with E-state index in [0.717, 1.165) is 0 Å². The van der Waals surface area contributed by atoms with Crippen LogP contribution in [0.25, 0.3) is 0 Å². The number of thiophene rings is 2. The summed E-state index contributed by atoms with van der Waals surface area (Å²) in [4.78, 5) is 14.7. The van der Waals surface area contributed by atoms with E-state index in [4.69, 9.17) is 0 Å². The lowest BCUT2D eigenvalue weighted by Crippen LogP contribution is -2.07. The Morgan fingerprint density at radius 1 is 1.00 bits per heavy atom. The molecule has 0 radical (unpaired) electrons. The van der Waals surface area contributed by atoms with Gasteiger partial charge < -0.3 is 0 Å². The summed E-state index contributed by atoms with van der Waals surface area (Å²) in [6.45, 7) is 4.28. The molecule has 2 heterocycles. The fourth-order valence-corrected chi connectivity index (χ4v) is 3.68. The zero-order valence-electron chi connectivity index (χ0n) is 10.8. The minimum atomic E-state index is 0.355. The molecule has 0 saturated carbocycles. The van der Waals surface area contributed by atoms with E-state index in [1.54, 1.807) is 22.7 Å². The third-order valence-electron chi connectivity index (χ3n) is 3.13. The number of rotatable bonds is 6. The highest BCUT2D eigenvalue weighted by Crippen LogP contribution is 2.28. The average molecular weight is 278 g/mol. The minimum Gasteiger partial charge on any atom is -0.300 e. The zero-order valence-corrected chi connectivity index (χ0v) is 12.4. The third kappa shape index (κ3) is 3.53. The average Bonchev–Trinajstić information content (AvgIpc) is 3.02. The topological polar surface area (TPSA) is 17.1 Å². The second-order valence-electron chi connectivity index (χ2n) is 4.78. The maximum atomic E-state index is 12.1. The highest BCUT2D eigenvalue weighted by molar-refractivity contribution is 7.10. The van der Waals surface area contributed by atoms with Crippen LogP contribution in [0.2, 0.25) is 0 Å². The van der Waals surface area contributed by atoms with Gasteiger partial charge in [0.15, 0.2) is 0 Å². The molecule has 2 rings (SSSR count). The number of hydrogen-bond acceptors (Lipinski definition) is 3. The Balaban J connectivity index is 1.85. The van der Waals surface area contributed by atoms with Crippen LogP contribution in [0.1, 0.15) is 48.3 Å². The molecule has 2 unspecified atom stereocenters. The number of carbonyl (C=O) groups is 1. The second kappa shape index (κ2) is 6.30. The fourth-order valence-electron chi connectivity index (χ4n) is 2.11. The van der Waals surface area contributed by atoms with Crippen LogP contribution < -0.4 is 0 Å². The standard InChI is InChI=1S/C15H18OS2/c1-11(14-5-3-7-17-14)9-13(16)10-12(2)15-6-4-8-18-15/h3-8,11-12H,9-10H2,1-2H3. The van der Waals surface area contributed by atoms with Crippen molar-refractivity contribution in [2.24, 2.45) is 0 Å². The smallest absolute Gasteiger partial charge is 0.134 e. The Bertz CT molecular complexity index is 426. The zero-order chi connectivity index (χ0) is 13.0. The van der Waals surface area contributed by atoms with Gasteiger partial charge in [0, 0.05) is 22.6 Å². The van der Waals surface area contributed by atoms with Crippen molar-refractivity contribution < 1.29 is 4.79 Å². The number of ketones is 1. The van der Waals surface area contributed by atoms with Gasteiger partial charge in [-0.2, -0.15) is 0 Å². The summed E-state index contributed by atoms with van der Waals surface area (Å²) < 4.78 is 0. The molecule has 0 bridgehead atoms. The van der Waals surface area contributed by atoms with Gasteiger partial charge in [0.25, 0.3) is 0 Å². The molecular formula is C15H18OS2. The number of hydrogen-bond donors (Lipinski definition) is 0. The van der Waals surface area contributed by atoms with Crippen molar-refractivity contribution in [1.82, 2.24) is 0 Å². The summed E-state index contributed by atoms with van der Waals surface area (Å²) >= 11 is 3.48. The van der Waals surface area contributed by atoms with E-state index in [9.17, 15) is 4.79 Å². The molecule has 2 aromatic heterocycles. The largest absolute Gasteiger partial charge is 0.300 e. The van der Waals surface area contributed by atoms with E-state index in [1.807, 2.05) is 0 Å². The van der Waals surface area contributed by atoms with Gasteiger partial charge in [-0.3, -0.25) is 4.79 Å². The van der Waals surface area contributed by atoms with E-state index in [0.29, 0.717) is 30.5 Å². The summed E-state index contributed by atoms with van der Waals surface area (Å²) in [5.41, 5.74) is 0. The highest BCUT2D eigenvalue weighted by Gasteiger charge is 2.16. The first-order chi connectivity index (χ1) is 8.66. The van der Waals surface area contributed by atoms with Crippen LogP contribution >= 0.6 is 22.7 Å². The van der Waals surface area contributed by atoms with E-state index >= 15 is 0 Å². The first-order valence-corrected chi connectivity index (χ1v) is 8.01. The minimum absolute atomic E-state index is 0.355. The van der Waals surface area contributed by atoms with Crippen LogP contribution in [-0.2, 0) is 4.79 Å². The van der Waals surface area contributed by atoms with Crippen LogP contribution in [0.4, 0.5) is 0 Å². The van der Waals surface area contributed by atoms with E-state index in [1.165, 1.54) is 9.75 Å². The SMILES string of the molecule is CC(CC(=O)CC(C)c1cccs1)c1cccs1. The van der Waals surface area contributed by atoms with Crippen LogP contribution in [0.3, 0.4) is 0 Å².